The third kappa shape index (κ3) is 2.05. The molecule has 0 aromatic heterocycles. The summed E-state index contributed by atoms with van der Waals surface area (Å²) in [4.78, 5) is 26.4. The summed E-state index contributed by atoms with van der Waals surface area (Å²) in [5.74, 6) is -3.65. The van der Waals surface area contributed by atoms with Crippen molar-refractivity contribution in [1.29, 1.82) is 0 Å². The van der Waals surface area contributed by atoms with Gasteiger partial charge in [0, 0.05) is 11.3 Å². The van der Waals surface area contributed by atoms with Crippen LogP contribution < -0.4 is 4.90 Å². The Bertz CT molecular complexity index is 811. The van der Waals surface area contributed by atoms with E-state index in [2.05, 4.69) is 13.0 Å². The van der Waals surface area contributed by atoms with E-state index in [9.17, 15) is 19.1 Å². The van der Waals surface area contributed by atoms with Crippen molar-refractivity contribution in [2.75, 3.05) is 4.90 Å². The summed E-state index contributed by atoms with van der Waals surface area (Å²) in [5.41, 5.74) is 1.61. The fourth-order valence-corrected chi connectivity index (χ4v) is 5.86. The minimum atomic E-state index is -1.22. The molecule has 1 aliphatic carbocycles. The summed E-state index contributed by atoms with van der Waals surface area (Å²) in [6.07, 6.45) is 4.95. The fourth-order valence-electron chi connectivity index (χ4n) is 3.90. The lowest BCUT2D eigenvalue weighted by Crippen LogP contribution is -2.46. The van der Waals surface area contributed by atoms with Crippen molar-refractivity contribution in [3.63, 3.8) is 0 Å². The molecule has 0 spiro atoms. The number of hydrogen-bond acceptors (Lipinski definition) is 4. The zero-order valence-electron chi connectivity index (χ0n) is 12.9. The smallest absolute Gasteiger partial charge is 0.317 e. The van der Waals surface area contributed by atoms with Crippen molar-refractivity contribution in [1.82, 2.24) is 0 Å². The van der Waals surface area contributed by atoms with Crippen molar-refractivity contribution >= 4 is 40.8 Å². The number of allylic oxidation sites excluding steroid dienone is 1. The lowest BCUT2D eigenvalue weighted by atomic mass is 9.87. The molecular formula is C17H15ClFNO3S. The molecule has 3 unspecified atom stereocenters. The highest BCUT2D eigenvalue weighted by Gasteiger charge is 2.56. The van der Waals surface area contributed by atoms with E-state index in [1.165, 1.54) is 17.8 Å². The molecule has 1 N–H and O–H groups in total. The number of carbonyl (C=O) groups excluding carboxylic acids is 1. The van der Waals surface area contributed by atoms with Gasteiger partial charge in [-0.15, -0.1) is 11.8 Å². The molecule has 3 atom stereocenters. The van der Waals surface area contributed by atoms with Gasteiger partial charge < -0.3 is 10.0 Å². The number of benzene rings is 1. The van der Waals surface area contributed by atoms with Gasteiger partial charge in [-0.1, -0.05) is 17.7 Å². The Kier molecular flexibility index (Phi) is 3.48. The third-order valence-corrected chi connectivity index (χ3v) is 6.98. The predicted octanol–water partition coefficient (Wildman–Crippen LogP) is 4.08. The van der Waals surface area contributed by atoms with Crippen LogP contribution in [0.15, 0.2) is 23.9 Å². The normalized spacial score (nSPS) is 31.2. The number of aliphatic carboxylic acids is 1. The summed E-state index contributed by atoms with van der Waals surface area (Å²) >= 11 is 7.45. The predicted molar refractivity (Wildman–Crippen MR) is 91.1 cm³/mol. The van der Waals surface area contributed by atoms with Crippen LogP contribution in [0.4, 0.5) is 10.1 Å². The highest BCUT2D eigenvalue weighted by molar-refractivity contribution is 8.02. The van der Waals surface area contributed by atoms with E-state index in [0.29, 0.717) is 5.69 Å². The second-order valence-electron chi connectivity index (χ2n) is 6.55. The Morgan fingerprint density at radius 3 is 2.96 bits per heavy atom. The van der Waals surface area contributed by atoms with E-state index in [4.69, 9.17) is 11.6 Å². The van der Waals surface area contributed by atoms with E-state index in [1.807, 2.05) is 4.90 Å². The van der Waals surface area contributed by atoms with Gasteiger partial charge in [0.25, 0.3) is 0 Å². The number of Topliss-reactive ketones (excluding diaryl/α,β-unsaturated/α-hetero) is 1. The molecule has 1 saturated heterocycles. The molecule has 1 aromatic rings. The minimum Gasteiger partial charge on any atom is -0.481 e. The summed E-state index contributed by atoms with van der Waals surface area (Å²) in [6, 6.07) is 2.51. The maximum Gasteiger partial charge on any atom is 0.317 e. The molecule has 126 valence electrons. The summed E-state index contributed by atoms with van der Waals surface area (Å²) in [5, 5.41) is 9.03. The van der Waals surface area contributed by atoms with Crippen LogP contribution in [0, 0.1) is 11.7 Å². The minimum absolute atomic E-state index is 0.0657. The average molecular weight is 368 g/mol. The molecule has 4 nitrogen and oxygen atoms in total. The van der Waals surface area contributed by atoms with Crippen LogP contribution in [0.25, 0.3) is 0 Å². The molecule has 24 heavy (non-hydrogen) atoms. The van der Waals surface area contributed by atoms with Gasteiger partial charge in [-0.05, 0) is 38.3 Å². The maximum absolute atomic E-state index is 13.9. The molecule has 2 heterocycles. The number of carboxylic acids is 1. The Hall–Kier alpha value is -1.53. The Balaban J connectivity index is 1.97. The number of nitrogens with zero attached hydrogens (tertiary/aromatic N) is 1. The maximum atomic E-state index is 13.9. The second-order valence-corrected chi connectivity index (χ2v) is 8.58. The van der Waals surface area contributed by atoms with Crippen LogP contribution in [0.1, 0.15) is 36.5 Å². The number of hydrogen-bond donors (Lipinski definition) is 1. The van der Waals surface area contributed by atoms with Crippen LogP contribution >= 0.6 is 23.4 Å². The standard InChI is InChI=1S/C17H15ClFNO3S/c1-17-5-3-2-4-12(17)20-11-7-9(18)10(19)6-8(11)14(21)13(16(22)23)15(20)24-17/h4,6-7,13,15H,2-3,5H2,1H3,(H,22,23). The summed E-state index contributed by atoms with van der Waals surface area (Å²) < 4.78 is 13.7. The molecule has 0 amide bonds. The number of halogens is 2. The van der Waals surface area contributed by atoms with E-state index < -0.39 is 28.9 Å². The third-order valence-electron chi connectivity index (χ3n) is 5.03. The number of rotatable bonds is 1. The van der Waals surface area contributed by atoms with Crippen molar-refractivity contribution in [2.45, 2.75) is 36.3 Å². The summed E-state index contributed by atoms with van der Waals surface area (Å²) in [7, 11) is 0. The lowest BCUT2D eigenvalue weighted by molar-refractivity contribution is -0.139. The van der Waals surface area contributed by atoms with Crippen LogP contribution in [-0.4, -0.2) is 27.0 Å². The van der Waals surface area contributed by atoms with Gasteiger partial charge in [-0.2, -0.15) is 0 Å². The largest absolute Gasteiger partial charge is 0.481 e. The van der Waals surface area contributed by atoms with Crippen molar-refractivity contribution in [3.05, 3.63) is 40.3 Å². The Labute approximate surface area is 147 Å². The van der Waals surface area contributed by atoms with Gasteiger partial charge in [0.1, 0.15) is 17.1 Å². The Morgan fingerprint density at radius 2 is 2.25 bits per heavy atom. The first kappa shape index (κ1) is 16.0. The van der Waals surface area contributed by atoms with Gasteiger partial charge in [-0.3, -0.25) is 9.59 Å². The van der Waals surface area contributed by atoms with E-state index in [-0.39, 0.29) is 15.3 Å². The molecule has 1 fully saturated rings. The van der Waals surface area contributed by atoms with E-state index in [1.54, 1.807) is 0 Å². The molecule has 3 aliphatic rings. The lowest BCUT2D eigenvalue weighted by Gasteiger charge is -2.37. The average Bonchev–Trinajstić information content (AvgIpc) is 2.81. The fraction of sp³-hybridized carbons (Fsp3) is 0.412. The topological polar surface area (TPSA) is 57.6 Å². The second kappa shape index (κ2) is 5.23. The zero-order valence-corrected chi connectivity index (χ0v) is 14.5. The van der Waals surface area contributed by atoms with Crippen LogP contribution in [0.2, 0.25) is 5.02 Å². The Morgan fingerprint density at radius 1 is 1.50 bits per heavy atom. The first-order chi connectivity index (χ1) is 11.3. The SMILES string of the molecule is CC12CCCC=C1N1c3cc(Cl)c(F)cc3C(=O)C(C(=O)O)C1S2. The van der Waals surface area contributed by atoms with Gasteiger partial charge in [-0.25, -0.2) is 4.39 Å². The van der Waals surface area contributed by atoms with Crippen molar-refractivity contribution < 1.29 is 19.1 Å². The number of anilines is 1. The number of fused-ring (bicyclic) bond motifs is 5. The van der Waals surface area contributed by atoms with E-state index in [0.717, 1.165) is 31.0 Å². The molecule has 0 radical (unpaired) electrons. The highest BCUT2D eigenvalue weighted by atomic mass is 35.5. The zero-order chi connectivity index (χ0) is 17.2. The van der Waals surface area contributed by atoms with Crippen LogP contribution in [0.3, 0.4) is 0 Å². The van der Waals surface area contributed by atoms with Gasteiger partial charge in [0.15, 0.2) is 5.78 Å². The monoisotopic (exact) mass is 367 g/mol. The quantitative estimate of drug-likeness (QED) is 0.758. The van der Waals surface area contributed by atoms with Crippen molar-refractivity contribution in [2.24, 2.45) is 5.92 Å². The highest BCUT2D eigenvalue weighted by Crippen LogP contribution is 2.58. The number of ketones is 1. The molecule has 4 rings (SSSR count). The molecular weight excluding hydrogens is 353 g/mol. The van der Waals surface area contributed by atoms with Gasteiger partial charge >= 0.3 is 5.97 Å². The summed E-state index contributed by atoms with van der Waals surface area (Å²) in [6.45, 7) is 2.08. The molecule has 7 heteroatoms. The van der Waals surface area contributed by atoms with Crippen molar-refractivity contribution in [3.8, 4) is 0 Å². The first-order valence-corrected chi connectivity index (χ1v) is 9.03. The molecule has 1 aromatic carbocycles. The molecule has 0 saturated carbocycles. The molecule has 0 bridgehead atoms. The van der Waals surface area contributed by atoms with Crippen LogP contribution in [0.5, 0.6) is 0 Å². The number of carbonyl (C=O) groups is 2. The number of thioether (sulfide) groups is 1. The van der Waals surface area contributed by atoms with Crippen LogP contribution in [-0.2, 0) is 4.79 Å². The van der Waals surface area contributed by atoms with Gasteiger partial charge in [0.2, 0.25) is 0 Å². The first-order valence-electron chi connectivity index (χ1n) is 7.77. The number of carboxylic acid groups (broad SMARTS) is 1. The van der Waals surface area contributed by atoms with Gasteiger partial charge in [0.05, 0.1) is 15.5 Å². The van der Waals surface area contributed by atoms with E-state index >= 15 is 0 Å². The molecule has 2 aliphatic heterocycles.